The molecule has 0 heterocycles. The summed E-state index contributed by atoms with van der Waals surface area (Å²) in [6.07, 6.45) is 11.4. The van der Waals surface area contributed by atoms with E-state index in [9.17, 15) is 4.39 Å². The van der Waals surface area contributed by atoms with E-state index in [1.807, 2.05) is 0 Å². The monoisotopic (exact) mass is 277 g/mol. The summed E-state index contributed by atoms with van der Waals surface area (Å²) in [4.78, 5) is 0. The van der Waals surface area contributed by atoms with Crippen LogP contribution in [0.3, 0.4) is 0 Å². The second-order valence-electron chi connectivity index (χ2n) is 7.18. The van der Waals surface area contributed by atoms with Gasteiger partial charge < -0.3 is 0 Å². The van der Waals surface area contributed by atoms with Crippen LogP contribution in [0.15, 0.2) is 11.6 Å². The van der Waals surface area contributed by atoms with Gasteiger partial charge in [0.05, 0.1) is 0 Å². The van der Waals surface area contributed by atoms with Crippen molar-refractivity contribution in [3.05, 3.63) is 11.6 Å². The van der Waals surface area contributed by atoms with Gasteiger partial charge in [0.15, 0.2) is 0 Å². The average molecular weight is 277 g/mol. The van der Waals surface area contributed by atoms with E-state index in [0.717, 1.165) is 24.2 Å². The molecular weight excluding hydrogens is 246 g/mol. The van der Waals surface area contributed by atoms with Crippen LogP contribution in [0.2, 0.25) is 0 Å². The van der Waals surface area contributed by atoms with E-state index in [-0.39, 0.29) is 0 Å². The summed E-state index contributed by atoms with van der Waals surface area (Å²) in [7, 11) is 6.16. The molecule has 0 spiro atoms. The number of allylic oxidation sites excluding steroid dienone is 2. The van der Waals surface area contributed by atoms with Crippen molar-refractivity contribution in [3.63, 3.8) is 0 Å². The molecule has 1 unspecified atom stereocenters. The van der Waals surface area contributed by atoms with Crippen LogP contribution in [0, 0.1) is 11.8 Å². The Labute approximate surface area is 126 Å². The van der Waals surface area contributed by atoms with Crippen LogP contribution in [0.1, 0.15) is 79.1 Å². The molecule has 0 bridgehead atoms. The Balaban J connectivity index is 2.45. The van der Waals surface area contributed by atoms with E-state index < -0.39 is 5.67 Å². The molecule has 0 saturated heterocycles. The summed E-state index contributed by atoms with van der Waals surface area (Å²) in [5.74, 6) is 1.19. The van der Waals surface area contributed by atoms with E-state index in [0.29, 0.717) is 12.3 Å². The Bertz CT molecular complexity index is 332. The molecule has 1 rings (SSSR count). The third-order valence-electron chi connectivity index (χ3n) is 4.60. The third-order valence-corrected chi connectivity index (χ3v) is 4.60. The van der Waals surface area contributed by atoms with E-state index in [2.05, 4.69) is 19.9 Å². The predicted molar refractivity (Wildman–Crippen MR) is 89.3 cm³/mol. The summed E-state index contributed by atoms with van der Waals surface area (Å²) in [6, 6.07) is 0. The Kier molecular flexibility index (Phi) is 7.19. The Morgan fingerprint density at radius 2 is 1.95 bits per heavy atom. The number of halogens is 1. The second-order valence-corrected chi connectivity index (χ2v) is 7.18. The molecule has 0 aromatic rings. The molecule has 0 amide bonds. The molecule has 0 nitrogen and oxygen atoms in total. The summed E-state index contributed by atoms with van der Waals surface area (Å²) >= 11 is 0. The van der Waals surface area contributed by atoms with Gasteiger partial charge in [0.25, 0.3) is 0 Å². The van der Waals surface area contributed by atoms with E-state index in [1.165, 1.54) is 37.7 Å². The molecule has 2 heteroatoms. The van der Waals surface area contributed by atoms with E-state index in [4.69, 9.17) is 7.49 Å². The molecule has 1 aliphatic rings. The minimum atomic E-state index is -1.10. The summed E-state index contributed by atoms with van der Waals surface area (Å²) in [6.45, 7) is 7.55. The molecule has 0 N–H and O–H groups in total. The number of hydrogen-bond donors (Lipinski definition) is 0. The van der Waals surface area contributed by atoms with Gasteiger partial charge in [-0.15, -0.1) is 0 Å². The Hall–Kier alpha value is -0.395. The van der Waals surface area contributed by atoms with Crippen LogP contribution in [-0.4, -0.2) is 18.6 Å². The fourth-order valence-corrected chi connectivity index (χ4v) is 3.37. The molecule has 1 atom stereocenters. The molecule has 0 aliphatic heterocycles. The first-order valence-corrected chi connectivity index (χ1v) is 8.30. The van der Waals surface area contributed by atoms with Gasteiger partial charge in [0, 0.05) is 0 Å². The molecule has 0 aromatic heterocycles. The van der Waals surface area contributed by atoms with Crippen molar-refractivity contribution in [2.24, 2.45) is 11.8 Å². The van der Waals surface area contributed by atoms with Gasteiger partial charge in [-0.3, -0.25) is 0 Å². The summed E-state index contributed by atoms with van der Waals surface area (Å²) < 4.78 is 13.8. The van der Waals surface area contributed by atoms with Gasteiger partial charge in [0.2, 0.25) is 0 Å². The van der Waals surface area contributed by atoms with E-state index >= 15 is 0 Å². The van der Waals surface area contributed by atoms with E-state index in [1.54, 1.807) is 13.8 Å². The number of alkyl halides is 1. The maximum atomic E-state index is 13.8. The first kappa shape index (κ1) is 17.7. The fraction of sp³-hybridized carbons (Fsp3) is 0.833. The topological polar surface area (TPSA) is 0 Å². The molecule has 1 fully saturated rings. The quantitative estimate of drug-likeness (QED) is 0.520. The minimum absolute atomic E-state index is 0.306. The average Bonchev–Trinajstić information content (AvgIpc) is 2.85. The maximum absolute atomic E-state index is 13.8. The molecule has 113 valence electrons. The molecular formula is C18H31BF. The van der Waals surface area contributed by atoms with Crippen molar-refractivity contribution in [2.45, 2.75) is 84.7 Å². The molecule has 1 saturated carbocycles. The predicted octanol–water partition coefficient (Wildman–Crippen LogP) is 5.41. The number of hydrogen-bond acceptors (Lipinski definition) is 0. The van der Waals surface area contributed by atoms with Gasteiger partial charge in [-0.2, -0.15) is 0 Å². The molecule has 1 aliphatic carbocycles. The van der Waals surface area contributed by atoms with Gasteiger partial charge in [0.1, 0.15) is 0 Å². The van der Waals surface area contributed by atoms with Crippen molar-refractivity contribution in [3.8, 4) is 0 Å². The van der Waals surface area contributed by atoms with Crippen LogP contribution in [-0.2, 0) is 0 Å². The molecule has 0 aromatic carbocycles. The fourth-order valence-electron chi connectivity index (χ4n) is 3.37. The normalized spacial score (nSPS) is 19.3. The third kappa shape index (κ3) is 6.86. The summed E-state index contributed by atoms with van der Waals surface area (Å²) in [5.41, 5.74) is 1.11. The van der Waals surface area contributed by atoms with Crippen molar-refractivity contribution >= 4 is 13.0 Å². The zero-order valence-electron chi connectivity index (χ0n) is 13.8. The first-order valence-electron chi connectivity index (χ1n) is 8.30. The van der Waals surface area contributed by atoms with Crippen molar-refractivity contribution in [2.75, 3.05) is 0 Å². The zero-order chi connectivity index (χ0) is 15.2. The Morgan fingerprint density at radius 1 is 1.35 bits per heavy atom. The second kappa shape index (κ2) is 8.15. The van der Waals surface area contributed by atoms with Crippen LogP contribution in [0.5, 0.6) is 0 Å². The summed E-state index contributed by atoms with van der Waals surface area (Å²) in [5, 5.41) is 0. The van der Waals surface area contributed by atoms with Crippen LogP contribution in [0.25, 0.3) is 0 Å². The number of rotatable bonds is 8. The van der Waals surface area contributed by atoms with Crippen LogP contribution >= 0.6 is 0 Å². The first-order chi connectivity index (χ1) is 9.31. The van der Waals surface area contributed by atoms with Crippen molar-refractivity contribution in [1.29, 1.82) is 0 Å². The Morgan fingerprint density at radius 3 is 2.45 bits per heavy atom. The molecule has 20 heavy (non-hydrogen) atoms. The SMILES string of the molecule is [B]=C(/C=C(\C)C(CC)CC(C)(C)F)CCC1CCCC1. The van der Waals surface area contributed by atoms with Crippen molar-refractivity contribution < 1.29 is 4.39 Å². The van der Waals surface area contributed by atoms with Gasteiger partial charge in [-0.05, 0) is 0 Å². The standard InChI is InChI=1S/C18H31BF/c1-5-16(13-18(3,4)20)14(2)12-17(19)11-10-15-8-6-7-9-15/h12,15-16H,5-11,13H2,1-4H3/b14-12+. The zero-order valence-corrected chi connectivity index (χ0v) is 13.8. The molecule has 1 radical (unpaired) electrons. The van der Waals surface area contributed by atoms with Crippen LogP contribution < -0.4 is 0 Å². The van der Waals surface area contributed by atoms with Crippen LogP contribution in [0.4, 0.5) is 4.39 Å². The van der Waals surface area contributed by atoms with Crippen molar-refractivity contribution in [1.82, 2.24) is 0 Å². The van der Waals surface area contributed by atoms with Gasteiger partial charge in [-0.25, -0.2) is 0 Å². The van der Waals surface area contributed by atoms with Gasteiger partial charge >= 0.3 is 126 Å². The van der Waals surface area contributed by atoms with Gasteiger partial charge in [-0.1, -0.05) is 0 Å².